The molecule has 0 aliphatic carbocycles. The van der Waals surface area contributed by atoms with Crippen LogP contribution in [0.1, 0.15) is 31.2 Å². The van der Waals surface area contributed by atoms with Gasteiger partial charge in [-0.25, -0.2) is 0 Å². The smallest absolute Gasteiger partial charge is 0.306 e. The number of hydrogen-bond donors (Lipinski definition) is 3. The summed E-state index contributed by atoms with van der Waals surface area (Å²) >= 11 is 1.26. The quantitative estimate of drug-likeness (QED) is 0.529. The molecule has 2 rings (SSSR count). The lowest BCUT2D eigenvalue weighted by atomic mass is 10.2. The number of amides is 3. The van der Waals surface area contributed by atoms with Gasteiger partial charge in [0.1, 0.15) is 5.01 Å². The maximum atomic E-state index is 11.8. The molecule has 154 valence electrons. The molecule has 3 amide bonds. The average Bonchev–Trinajstić information content (AvgIpc) is 3.06. The molecule has 0 fully saturated rings. The van der Waals surface area contributed by atoms with Gasteiger partial charge in [0.2, 0.25) is 16.9 Å². The van der Waals surface area contributed by atoms with E-state index >= 15 is 0 Å². The van der Waals surface area contributed by atoms with Crippen LogP contribution in [-0.2, 0) is 23.9 Å². The number of anilines is 3. The third-order valence-electron chi connectivity index (χ3n) is 3.41. The Hall–Kier alpha value is -3.34. The van der Waals surface area contributed by atoms with Crippen molar-refractivity contribution in [2.24, 2.45) is 0 Å². The molecule has 1 aromatic heterocycles. The van der Waals surface area contributed by atoms with Crippen molar-refractivity contribution >= 4 is 51.5 Å². The Labute approximate surface area is 171 Å². The van der Waals surface area contributed by atoms with Crippen LogP contribution in [0.2, 0.25) is 0 Å². The molecule has 0 radical (unpaired) electrons. The average molecular weight is 419 g/mol. The van der Waals surface area contributed by atoms with Crippen molar-refractivity contribution in [3.63, 3.8) is 0 Å². The van der Waals surface area contributed by atoms with Crippen LogP contribution >= 0.6 is 11.3 Å². The Kier molecular flexibility index (Phi) is 8.22. The molecule has 0 saturated heterocycles. The monoisotopic (exact) mass is 419 g/mol. The van der Waals surface area contributed by atoms with Gasteiger partial charge >= 0.3 is 5.97 Å². The summed E-state index contributed by atoms with van der Waals surface area (Å²) in [7, 11) is 0. The lowest BCUT2D eigenvalue weighted by molar-refractivity contribution is -0.147. The van der Waals surface area contributed by atoms with Crippen LogP contribution in [0.15, 0.2) is 24.3 Å². The van der Waals surface area contributed by atoms with Crippen molar-refractivity contribution in [3.8, 4) is 0 Å². The molecule has 0 bridgehead atoms. The Bertz CT molecular complexity index is 881. The topological polar surface area (TPSA) is 139 Å². The lowest BCUT2D eigenvalue weighted by Gasteiger charge is -2.08. The molecule has 0 atom stereocenters. The first-order valence-corrected chi connectivity index (χ1v) is 9.56. The molecule has 29 heavy (non-hydrogen) atoms. The lowest BCUT2D eigenvalue weighted by Crippen LogP contribution is -2.21. The number of benzene rings is 1. The second-order valence-electron chi connectivity index (χ2n) is 6.00. The van der Waals surface area contributed by atoms with Gasteiger partial charge in [0.25, 0.3) is 5.91 Å². The summed E-state index contributed by atoms with van der Waals surface area (Å²) in [6.45, 7) is 2.75. The maximum Gasteiger partial charge on any atom is 0.306 e. The Morgan fingerprint density at radius 2 is 1.59 bits per heavy atom. The van der Waals surface area contributed by atoms with Crippen LogP contribution in [0.4, 0.5) is 16.5 Å². The van der Waals surface area contributed by atoms with Gasteiger partial charge in [-0.05, 0) is 37.6 Å². The third-order valence-corrected chi connectivity index (χ3v) is 4.16. The summed E-state index contributed by atoms with van der Waals surface area (Å²) < 4.78 is 4.90. The van der Waals surface area contributed by atoms with Gasteiger partial charge < -0.3 is 20.7 Å². The number of carbonyl (C=O) groups is 4. The van der Waals surface area contributed by atoms with Crippen LogP contribution in [0.25, 0.3) is 0 Å². The number of ether oxygens (including phenoxy) is 1. The van der Waals surface area contributed by atoms with Crippen LogP contribution in [0.5, 0.6) is 0 Å². The van der Waals surface area contributed by atoms with E-state index in [1.165, 1.54) is 18.3 Å². The Morgan fingerprint density at radius 1 is 0.931 bits per heavy atom. The number of esters is 1. The van der Waals surface area contributed by atoms with E-state index in [-0.39, 0.29) is 31.1 Å². The highest BCUT2D eigenvalue weighted by Crippen LogP contribution is 2.15. The van der Waals surface area contributed by atoms with E-state index in [0.29, 0.717) is 16.5 Å². The van der Waals surface area contributed by atoms with Crippen molar-refractivity contribution in [2.45, 2.75) is 33.1 Å². The minimum atomic E-state index is -0.569. The summed E-state index contributed by atoms with van der Waals surface area (Å²) in [6.07, 6.45) is 0.427. The number of hydrogen-bond acceptors (Lipinski definition) is 8. The van der Waals surface area contributed by atoms with Gasteiger partial charge in [-0.15, -0.1) is 10.2 Å². The molecule has 3 N–H and O–H groups in total. The number of nitrogens with zero attached hydrogens (tertiary/aromatic N) is 2. The maximum absolute atomic E-state index is 11.8. The number of aryl methyl sites for hydroxylation is 1. The van der Waals surface area contributed by atoms with Gasteiger partial charge in [0.05, 0.1) is 0 Å². The summed E-state index contributed by atoms with van der Waals surface area (Å²) in [5.74, 6) is -1.52. The van der Waals surface area contributed by atoms with E-state index in [1.54, 1.807) is 31.2 Å². The van der Waals surface area contributed by atoms with Gasteiger partial charge in [-0.3, -0.25) is 19.2 Å². The first-order chi connectivity index (χ1) is 13.8. The zero-order valence-electron chi connectivity index (χ0n) is 16.0. The van der Waals surface area contributed by atoms with Crippen molar-refractivity contribution in [3.05, 3.63) is 29.3 Å². The standard InChI is InChI=1S/C18H21N5O5S/c1-11(24)19-13-6-8-14(9-7-13)20-16(26)10-28-17(27)5-3-4-15(25)21-18-23-22-12(2)29-18/h6-9H,3-5,10H2,1-2H3,(H,19,24)(H,20,26)(H,21,23,25). The molecule has 10 nitrogen and oxygen atoms in total. The number of rotatable bonds is 9. The fraction of sp³-hybridized carbons (Fsp3) is 0.333. The summed E-state index contributed by atoms with van der Waals surface area (Å²) in [4.78, 5) is 46.2. The summed E-state index contributed by atoms with van der Waals surface area (Å²) in [6, 6.07) is 6.50. The van der Waals surface area contributed by atoms with E-state index in [1.807, 2.05) is 0 Å². The zero-order valence-corrected chi connectivity index (χ0v) is 16.8. The zero-order chi connectivity index (χ0) is 21.2. The van der Waals surface area contributed by atoms with Gasteiger partial charge in [0, 0.05) is 31.1 Å². The number of carbonyl (C=O) groups excluding carboxylic acids is 4. The molecule has 11 heteroatoms. The third kappa shape index (κ3) is 8.47. The van der Waals surface area contributed by atoms with E-state index < -0.39 is 18.5 Å². The SMILES string of the molecule is CC(=O)Nc1ccc(NC(=O)COC(=O)CCCC(=O)Nc2nnc(C)s2)cc1. The minimum Gasteiger partial charge on any atom is -0.456 e. The fourth-order valence-electron chi connectivity index (χ4n) is 2.18. The van der Waals surface area contributed by atoms with Crippen LogP contribution in [0, 0.1) is 6.92 Å². The highest BCUT2D eigenvalue weighted by molar-refractivity contribution is 7.15. The fourth-order valence-corrected chi connectivity index (χ4v) is 2.79. The number of aromatic nitrogens is 2. The molecule has 1 aromatic carbocycles. The normalized spacial score (nSPS) is 10.1. The molecule has 0 unspecified atom stereocenters. The van der Waals surface area contributed by atoms with Crippen molar-refractivity contribution in [1.82, 2.24) is 10.2 Å². The first-order valence-electron chi connectivity index (χ1n) is 8.75. The van der Waals surface area contributed by atoms with E-state index in [9.17, 15) is 19.2 Å². The molecule has 2 aromatic rings. The molecule has 0 aliphatic heterocycles. The minimum absolute atomic E-state index is 0.0151. The second-order valence-corrected chi connectivity index (χ2v) is 7.18. The van der Waals surface area contributed by atoms with Gasteiger partial charge in [-0.1, -0.05) is 11.3 Å². The molecule has 0 saturated carbocycles. The number of nitrogens with one attached hydrogen (secondary N) is 3. The van der Waals surface area contributed by atoms with Gasteiger partial charge in [0.15, 0.2) is 6.61 Å². The van der Waals surface area contributed by atoms with Gasteiger partial charge in [-0.2, -0.15) is 0 Å². The second kappa shape index (κ2) is 10.9. The van der Waals surface area contributed by atoms with Crippen molar-refractivity contribution in [1.29, 1.82) is 0 Å². The largest absolute Gasteiger partial charge is 0.456 e. The predicted octanol–water partition coefficient (Wildman–Crippen LogP) is 2.10. The van der Waals surface area contributed by atoms with Crippen molar-refractivity contribution in [2.75, 3.05) is 22.6 Å². The molecule has 1 heterocycles. The molecule has 0 spiro atoms. The summed E-state index contributed by atoms with van der Waals surface area (Å²) in [5.41, 5.74) is 1.11. The molecule has 0 aliphatic rings. The highest BCUT2D eigenvalue weighted by atomic mass is 32.1. The summed E-state index contributed by atoms with van der Waals surface area (Å²) in [5, 5.41) is 16.5. The van der Waals surface area contributed by atoms with E-state index in [0.717, 1.165) is 5.01 Å². The molecular formula is C18H21N5O5S. The van der Waals surface area contributed by atoms with Crippen molar-refractivity contribution < 1.29 is 23.9 Å². The Morgan fingerprint density at radius 3 is 2.17 bits per heavy atom. The van der Waals surface area contributed by atoms with E-state index in [4.69, 9.17) is 4.74 Å². The van der Waals surface area contributed by atoms with E-state index in [2.05, 4.69) is 26.1 Å². The predicted molar refractivity (Wildman–Crippen MR) is 107 cm³/mol. The Balaban J connectivity index is 1.62. The van der Waals surface area contributed by atoms with Crippen LogP contribution in [0.3, 0.4) is 0 Å². The highest BCUT2D eigenvalue weighted by Gasteiger charge is 2.11. The van der Waals surface area contributed by atoms with Crippen LogP contribution in [-0.4, -0.2) is 40.5 Å². The first kappa shape index (κ1) is 22.0. The molecular weight excluding hydrogens is 398 g/mol. The van der Waals surface area contributed by atoms with Crippen LogP contribution < -0.4 is 16.0 Å².